The molecule has 4 atom stereocenters. The standard InChI is InChI=1S/C18H24N6O3.ClH/c1-10-20-17(24-27-10)15(11-5-3-4-6-14(11)26-2)21-18(25)16-12-9-19-8-7-13(12)22-23-16;/h3-6,12-13,15-16,19,22-23H,7-9H2,1-2H3,(H,21,25);1H. The van der Waals surface area contributed by atoms with Gasteiger partial charge >= 0.3 is 0 Å². The minimum Gasteiger partial charge on any atom is -0.496 e. The first-order valence-corrected chi connectivity index (χ1v) is 9.12. The number of nitrogens with zero attached hydrogens (tertiary/aromatic N) is 2. The van der Waals surface area contributed by atoms with Gasteiger partial charge in [0, 0.05) is 31.0 Å². The summed E-state index contributed by atoms with van der Waals surface area (Å²) in [7, 11) is 1.60. The second-order valence-corrected chi connectivity index (χ2v) is 6.88. The Kier molecular flexibility index (Phi) is 6.50. The van der Waals surface area contributed by atoms with Crippen LogP contribution in [0.15, 0.2) is 28.8 Å². The van der Waals surface area contributed by atoms with Crippen LogP contribution in [0.2, 0.25) is 0 Å². The third-order valence-corrected chi connectivity index (χ3v) is 5.20. The summed E-state index contributed by atoms with van der Waals surface area (Å²) in [4.78, 5) is 17.4. The van der Waals surface area contributed by atoms with E-state index in [-0.39, 0.29) is 30.3 Å². The first-order chi connectivity index (χ1) is 13.2. The summed E-state index contributed by atoms with van der Waals surface area (Å²) in [6.45, 7) is 3.47. The van der Waals surface area contributed by atoms with Gasteiger partial charge in [0.2, 0.25) is 11.8 Å². The highest BCUT2D eigenvalue weighted by Gasteiger charge is 2.42. The second-order valence-electron chi connectivity index (χ2n) is 6.88. The lowest BCUT2D eigenvalue weighted by atomic mass is 9.89. The normalized spacial score (nSPS) is 24.7. The van der Waals surface area contributed by atoms with Crippen molar-refractivity contribution in [3.8, 4) is 5.75 Å². The van der Waals surface area contributed by atoms with E-state index in [2.05, 4.69) is 31.6 Å². The Labute approximate surface area is 169 Å². The van der Waals surface area contributed by atoms with E-state index < -0.39 is 6.04 Å². The van der Waals surface area contributed by atoms with Crippen LogP contribution in [0.5, 0.6) is 5.75 Å². The molecule has 0 radical (unpaired) electrons. The number of fused-ring (bicyclic) bond motifs is 1. The van der Waals surface area contributed by atoms with E-state index in [1.165, 1.54) is 0 Å². The molecule has 1 aromatic carbocycles. The van der Waals surface area contributed by atoms with Crippen molar-refractivity contribution in [2.45, 2.75) is 31.5 Å². The fourth-order valence-corrected chi connectivity index (χ4v) is 3.83. The van der Waals surface area contributed by atoms with Gasteiger partial charge in [-0.3, -0.25) is 10.2 Å². The molecule has 2 aliphatic heterocycles. The molecule has 0 aliphatic carbocycles. The van der Waals surface area contributed by atoms with Crippen molar-refractivity contribution in [2.75, 3.05) is 20.2 Å². The van der Waals surface area contributed by atoms with E-state index in [9.17, 15) is 4.79 Å². The van der Waals surface area contributed by atoms with Crippen molar-refractivity contribution >= 4 is 18.3 Å². The first-order valence-electron chi connectivity index (χ1n) is 9.12. The van der Waals surface area contributed by atoms with Crippen molar-refractivity contribution in [1.29, 1.82) is 0 Å². The molecular formula is C18H25ClN6O3. The van der Waals surface area contributed by atoms with Crippen LogP contribution in [0.25, 0.3) is 0 Å². The topological polar surface area (TPSA) is 113 Å². The number of methoxy groups -OCH3 is 1. The van der Waals surface area contributed by atoms with Crippen molar-refractivity contribution in [3.63, 3.8) is 0 Å². The van der Waals surface area contributed by atoms with E-state index in [0.717, 1.165) is 25.1 Å². The Morgan fingerprint density at radius 2 is 2.18 bits per heavy atom. The highest BCUT2D eigenvalue weighted by Crippen LogP contribution is 2.29. The molecule has 4 rings (SSSR count). The molecular weight excluding hydrogens is 384 g/mol. The minimum absolute atomic E-state index is 0. The zero-order valence-corrected chi connectivity index (χ0v) is 16.6. The van der Waals surface area contributed by atoms with Gasteiger partial charge in [-0.2, -0.15) is 4.98 Å². The quantitative estimate of drug-likeness (QED) is 0.564. The number of amides is 1. The molecule has 2 saturated heterocycles. The predicted molar refractivity (Wildman–Crippen MR) is 104 cm³/mol. The number of carbonyl (C=O) groups is 1. The van der Waals surface area contributed by atoms with Crippen LogP contribution in [0, 0.1) is 12.8 Å². The van der Waals surface area contributed by atoms with Crippen LogP contribution in [0.1, 0.15) is 29.7 Å². The Hall–Kier alpha value is -2.20. The summed E-state index contributed by atoms with van der Waals surface area (Å²) >= 11 is 0. The van der Waals surface area contributed by atoms with E-state index in [4.69, 9.17) is 9.26 Å². The molecule has 2 fully saturated rings. The van der Waals surface area contributed by atoms with Crippen molar-refractivity contribution in [3.05, 3.63) is 41.5 Å². The molecule has 0 saturated carbocycles. The molecule has 2 aliphatic rings. The summed E-state index contributed by atoms with van der Waals surface area (Å²) in [6.07, 6.45) is 0.988. The summed E-state index contributed by atoms with van der Waals surface area (Å²) < 4.78 is 10.6. The van der Waals surface area contributed by atoms with E-state index >= 15 is 0 Å². The first kappa shape index (κ1) is 20.5. The van der Waals surface area contributed by atoms with Gasteiger partial charge in [0.25, 0.3) is 0 Å². The molecule has 2 aromatic rings. The van der Waals surface area contributed by atoms with Crippen molar-refractivity contribution < 1.29 is 14.1 Å². The zero-order valence-electron chi connectivity index (χ0n) is 15.8. The summed E-state index contributed by atoms with van der Waals surface area (Å²) in [5, 5.41) is 10.5. The van der Waals surface area contributed by atoms with Crippen LogP contribution < -0.4 is 26.2 Å². The van der Waals surface area contributed by atoms with Crippen LogP contribution in [0.3, 0.4) is 0 Å². The average Bonchev–Trinajstić information content (AvgIpc) is 3.32. The largest absolute Gasteiger partial charge is 0.496 e. The van der Waals surface area contributed by atoms with Gasteiger partial charge in [0.15, 0.2) is 5.82 Å². The third kappa shape index (κ3) is 3.97. The number of halogens is 1. The second kappa shape index (κ2) is 8.87. The monoisotopic (exact) mass is 408 g/mol. The molecule has 3 heterocycles. The minimum atomic E-state index is -0.566. The number of aromatic nitrogens is 2. The number of hydrogen-bond donors (Lipinski definition) is 4. The molecule has 0 bridgehead atoms. The number of hydrogen-bond acceptors (Lipinski definition) is 8. The lowest BCUT2D eigenvalue weighted by molar-refractivity contribution is -0.124. The number of carbonyl (C=O) groups excluding carboxylic acids is 1. The van der Waals surface area contributed by atoms with Crippen molar-refractivity contribution in [1.82, 2.24) is 31.6 Å². The Balaban J connectivity index is 0.00000225. The molecule has 4 N–H and O–H groups in total. The number of benzene rings is 1. The molecule has 28 heavy (non-hydrogen) atoms. The molecule has 10 heteroatoms. The van der Waals surface area contributed by atoms with Crippen LogP contribution >= 0.6 is 12.4 Å². The fourth-order valence-electron chi connectivity index (χ4n) is 3.83. The zero-order chi connectivity index (χ0) is 18.8. The van der Waals surface area contributed by atoms with Gasteiger partial charge in [-0.25, -0.2) is 5.43 Å². The van der Waals surface area contributed by atoms with Gasteiger partial charge in [-0.1, -0.05) is 23.4 Å². The van der Waals surface area contributed by atoms with Crippen molar-refractivity contribution in [2.24, 2.45) is 5.92 Å². The molecule has 152 valence electrons. The average molecular weight is 409 g/mol. The van der Waals surface area contributed by atoms with Crippen LogP contribution in [-0.4, -0.2) is 48.3 Å². The van der Waals surface area contributed by atoms with E-state index in [1.54, 1.807) is 14.0 Å². The van der Waals surface area contributed by atoms with Gasteiger partial charge < -0.3 is 19.9 Å². The Morgan fingerprint density at radius 1 is 1.36 bits per heavy atom. The maximum atomic E-state index is 13.1. The highest BCUT2D eigenvalue weighted by atomic mass is 35.5. The van der Waals surface area contributed by atoms with Gasteiger partial charge in [-0.15, -0.1) is 12.4 Å². The summed E-state index contributed by atoms with van der Waals surface area (Å²) in [6, 6.07) is 6.89. The van der Waals surface area contributed by atoms with Gasteiger partial charge in [-0.05, 0) is 19.0 Å². The number of hydrazine groups is 1. The number of nitrogens with one attached hydrogen (secondary N) is 4. The van der Waals surface area contributed by atoms with E-state index in [1.807, 2.05) is 24.3 Å². The maximum absolute atomic E-state index is 13.1. The maximum Gasteiger partial charge on any atom is 0.239 e. The van der Waals surface area contributed by atoms with Gasteiger partial charge in [0.1, 0.15) is 17.8 Å². The lowest BCUT2D eigenvalue weighted by Gasteiger charge is -2.28. The summed E-state index contributed by atoms with van der Waals surface area (Å²) in [5.41, 5.74) is 7.16. The molecule has 0 spiro atoms. The molecule has 1 aromatic heterocycles. The Bertz CT molecular complexity index is 816. The molecule has 9 nitrogen and oxygen atoms in total. The van der Waals surface area contributed by atoms with Crippen LogP contribution in [0.4, 0.5) is 0 Å². The SMILES string of the molecule is COc1ccccc1C(NC(=O)C1NNC2CCNCC21)c1noc(C)n1.Cl. The fraction of sp³-hybridized carbons (Fsp3) is 0.500. The lowest BCUT2D eigenvalue weighted by Crippen LogP contribution is -2.50. The smallest absolute Gasteiger partial charge is 0.239 e. The summed E-state index contributed by atoms with van der Waals surface area (Å²) in [5.74, 6) is 1.56. The van der Waals surface area contributed by atoms with E-state index in [0.29, 0.717) is 23.5 Å². The highest BCUT2D eigenvalue weighted by molar-refractivity contribution is 5.85. The molecule has 4 unspecified atom stereocenters. The predicted octanol–water partition coefficient (Wildman–Crippen LogP) is 0.469. The van der Waals surface area contributed by atoms with Crippen LogP contribution in [-0.2, 0) is 4.79 Å². The molecule has 1 amide bonds. The Morgan fingerprint density at radius 3 is 2.93 bits per heavy atom. The number of para-hydroxylation sites is 1. The number of ether oxygens (including phenoxy) is 1. The number of rotatable bonds is 5. The number of aryl methyl sites for hydroxylation is 1. The van der Waals surface area contributed by atoms with Gasteiger partial charge in [0.05, 0.1) is 7.11 Å². The third-order valence-electron chi connectivity index (χ3n) is 5.20. The number of piperidine rings is 1.